The van der Waals surface area contributed by atoms with Crippen LogP contribution in [-0.4, -0.2) is 6.61 Å². The summed E-state index contributed by atoms with van der Waals surface area (Å²) in [6.07, 6.45) is 2.58. The average molecular weight is 302 g/mol. The molecule has 2 aromatic rings. The van der Waals surface area contributed by atoms with Crippen molar-refractivity contribution in [3.63, 3.8) is 0 Å². The largest absolute Gasteiger partial charge is 0.494 e. The van der Waals surface area contributed by atoms with Crippen molar-refractivity contribution in [3.05, 3.63) is 59.1 Å². The van der Waals surface area contributed by atoms with Crippen LogP contribution in [-0.2, 0) is 0 Å². The van der Waals surface area contributed by atoms with Gasteiger partial charge in [0.05, 0.1) is 12.6 Å². The molecule has 3 rings (SSSR count). The lowest BCUT2D eigenvalue weighted by Gasteiger charge is -2.20. The van der Waals surface area contributed by atoms with E-state index in [9.17, 15) is 0 Å². The predicted octanol–water partition coefficient (Wildman–Crippen LogP) is 5.30. The van der Waals surface area contributed by atoms with Crippen LogP contribution < -0.4 is 10.1 Å². The van der Waals surface area contributed by atoms with E-state index in [1.54, 1.807) is 0 Å². The topological polar surface area (TPSA) is 21.3 Å². The minimum absolute atomic E-state index is 0.361. The molecule has 0 spiro atoms. The Kier molecular flexibility index (Phi) is 4.35. The summed E-state index contributed by atoms with van der Waals surface area (Å²) in [6.45, 7) is 2.69. The Hall–Kier alpha value is -1.67. The minimum Gasteiger partial charge on any atom is -0.494 e. The molecule has 3 heteroatoms. The van der Waals surface area contributed by atoms with Gasteiger partial charge in [0.1, 0.15) is 5.75 Å². The number of nitrogens with one attached hydrogen (secondary N) is 1. The zero-order chi connectivity index (χ0) is 14.7. The van der Waals surface area contributed by atoms with E-state index in [1.807, 2.05) is 31.2 Å². The van der Waals surface area contributed by atoms with E-state index in [-0.39, 0.29) is 0 Å². The van der Waals surface area contributed by atoms with Gasteiger partial charge < -0.3 is 10.1 Å². The second-order valence-corrected chi connectivity index (χ2v) is 5.90. The van der Waals surface area contributed by atoms with Crippen molar-refractivity contribution in [1.29, 1.82) is 0 Å². The Balaban J connectivity index is 1.74. The molecule has 0 aromatic heterocycles. The van der Waals surface area contributed by atoms with Crippen LogP contribution in [0.4, 0.5) is 5.69 Å². The summed E-state index contributed by atoms with van der Waals surface area (Å²) in [5, 5.41) is 4.43. The number of hydrogen-bond donors (Lipinski definition) is 1. The summed E-state index contributed by atoms with van der Waals surface area (Å²) >= 11 is 5.98. The standard InChI is InChI=1S/C18H20ClNO/c1-2-21-17-11-9-16(10-12-17)20-18(13-3-4-13)14-5-7-15(19)8-6-14/h5-13,18,20H,2-4H2,1H3. The SMILES string of the molecule is CCOc1ccc(NC(c2ccc(Cl)cc2)C2CC2)cc1. The van der Waals surface area contributed by atoms with Crippen LogP contribution in [0, 0.1) is 5.92 Å². The molecular formula is C18H20ClNO. The molecular weight excluding hydrogens is 282 g/mol. The highest BCUT2D eigenvalue weighted by molar-refractivity contribution is 6.30. The van der Waals surface area contributed by atoms with E-state index < -0.39 is 0 Å². The first-order valence-corrected chi connectivity index (χ1v) is 7.89. The number of ether oxygens (including phenoxy) is 1. The van der Waals surface area contributed by atoms with Gasteiger partial charge in [0.15, 0.2) is 0 Å². The summed E-state index contributed by atoms with van der Waals surface area (Å²) < 4.78 is 5.48. The first-order valence-electron chi connectivity index (χ1n) is 7.51. The van der Waals surface area contributed by atoms with Crippen molar-refractivity contribution in [1.82, 2.24) is 0 Å². The lowest BCUT2D eigenvalue weighted by Crippen LogP contribution is -2.12. The molecule has 0 radical (unpaired) electrons. The molecule has 0 amide bonds. The van der Waals surface area contributed by atoms with E-state index in [4.69, 9.17) is 16.3 Å². The number of benzene rings is 2. The highest BCUT2D eigenvalue weighted by Gasteiger charge is 2.32. The van der Waals surface area contributed by atoms with E-state index in [1.165, 1.54) is 18.4 Å². The molecule has 2 aromatic carbocycles. The van der Waals surface area contributed by atoms with Crippen LogP contribution >= 0.6 is 11.6 Å². The van der Waals surface area contributed by atoms with Gasteiger partial charge in [-0.15, -0.1) is 0 Å². The molecule has 0 aliphatic heterocycles. The van der Waals surface area contributed by atoms with E-state index in [0.29, 0.717) is 12.6 Å². The third-order valence-corrected chi connectivity index (χ3v) is 4.06. The molecule has 0 saturated heterocycles. The molecule has 1 N–H and O–H groups in total. The summed E-state index contributed by atoms with van der Waals surface area (Å²) in [5.41, 5.74) is 2.43. The maximum atomic E-state index is 5.98. The summed E-state index contributed by atoms with van der Waals surface area (Å²) in [5.74, 6) is 1.63. The average Bonchev–Trinajstić information content (AvgIpc) is 3.33. The number of hydrogen-bond acceptors (Lipinski definition) is 2. The number of halogens is 1. The van der Waals surface area contributed by atoms with Crippen LogP contribution in [0.25, 0.3) is 0 Å². The lowest BCUT2D eigenvalue weighted by atomic mass is 10.0. The maximum absolute atomic E-state index is 5.98. The molecule has 1 saturated carbocycles. The van der Waals surface area contributed by atoms with E-state index in [2.05, 4.69) is 29.6 Å². The molecule has 0 heterocycles. The highest BCUT2D eigenvalue weighted by atomic mass is 35.5. The van der Waals surface area contributed by atoms with Crippen molar-refractivity contribution in [2.75, 3.05) is 11.9 Å². The van der Waals surface area contributed by atoms with Crippen LogP contribution in [0.1, 0.15) is 31.4 Å². The van der Waals surface area contributed by atoms with Gasteiger partial charge in [-0.1, -0.05) is 23.7 Å². The van der Waals surface area contributed by atoms with Crippen LogP contribution in [0.15, 0.2) is 48.5 Å². The summed E-state index contributed by atoms with van der Waals surface area (Å²) in [7, 11) is 0. The van der Waals surface area contributed by atoms with E-state index in [0.717, 1.165) is 22.4 Å². The fraction of sp³-hybridized carbons (Fsp3) is 0.333. The Morgan fingerprint density at radius 1 is 1.10 bits per heavy atom. The highest BCUT2D eigenvalue weighted by Crippen LogP contribution is 2.43. The molecule has 1 fully saturated rings. The van der Waals surface area contributed by atoms with Gasteiger partial charge >= 0.3 is 0 Å². The Bertz CT molecular complexity index is 575. The van der Waals surface area contributed by atoms with Crippen molar-refractivity contribution in [3.8, 4) is 5.75 Å². The second kappa shape index (κ2) is 6.40. The molecule has 1 aliphatic carbocycles. The Morgan fingerprint density at radius 2 is 1.76 bits per heavy atom. The molecule has 1 atom stereocenters. The lowest BCUT2D eigenvalue weighted by molar-refractivity contribution is 0.340. The van der Waals surface area contributed by atoms with Crippen molar-refractivity contribution in [2.45, 2.75) is 25.8 Å². The van der Waals surface area contributed by atoms with Gasteiger partial charge in [0.2, 0.25) is 0 Å². The van der Waals surface area contributed by atoms with Gasteiger partial charge in [0, 0.05) is 10.7 Å². The summed E-state index contributed by atoms with van der Waals surface area (Å²) in [4.78, 5) is 0. The third kappa shape index (κ3) is 3.70. The monoisotopic (exact) mass is 301 g/mol. The van der Waals surface area contributed by atoms with E-state index >= 15 is 0 Å². The smallest absolute Gasteiger partial charge is 0.119 e. The molecule has 1 aliphatic rings. The van der Waals surface area contributed by atoms with Crippen LogP contribution in [0.5, 0.6) is 5.75 Å². The molecule has 21 heavy (non-hydrogen) atoms. The normalized spacial score (nSPS) is 15.5. The predicted molar refractivity (Wildman–Crippen MR) is 88.2 cm³/mol. The summed E-state index contributed by atoms with van der Waals surface area (Å²) in [6, 6.07) is 16.7. The van der Waals surface area contributed by atoms with Gasteiger partial charge in [-0.3, -0.25) is 0 Å². The van der Waals surface area contributed by atoms with Crippen molar-refractivity contribution in [2.24, 2.45) is 5.92 Å². The fourth-order valence-electron chi connectivity index (χ4n) is 2.57. The van der Waals surface area contributed by atoms with Gasteiger partial charge in [0.25, 0.3) is 0 Å². The first kappa shape index (κ1) is 14.3. The Labute approximate surface area is 131 Å². The molecule has 1 unspecified atom stereocenters. The number of rotatable bonds is 6. The van der Waals surface area contributed by atoms with Gasteiger partial charge in [-0.2, -0.15) is 0 Å². The quantitative estimate of drug-likeness (QED) is 0.781. The Morgan fingerprint density at radius 3 is 2.33 bits per heavy atom. The molecule has 110 valence electrons. The molecule has 0 bridgehead atoms. The van der Waals surface area contributed by atoms with Gasteiger partial charge in [-0.05, 0) is 67.6 Å². The number of anilines is 1. The molecule has 2 nitrogen and oxygen atoms in total. The zero-order valence-corrected chi connectivity index (χ0v) is 12.9. The maximum Gasteiger partial charge on any atom is 0.119 e. The van der Waals surface area contributed by atoms with Crippen molar-refractivity contribution >= 4 is 17.3 Å². The minimum atomic E-state index is 0.361. The fourth-order valence-corrected chi connectivity index (χ4v) is 2.69. The van der Waals surface area contributed by atoms with Crippen LogP contribution in [0.3, 0.4) is 0 Å². The van der Waals surface area contributed by atoms with Crippen LogP contribution in [0.2, 0.25) is 5.02 Å². The first-order chi connectivity index (χ1) is 10.3. The second-order valence-electron chi connectivity index (χ2n) is 5.47. The van der Waals surface area contributed by atoms with Gasteiger partial charge in [-0.25, -0.2) is 0 Å². The third-order valence-electron chi connectivity index (χ3n) is 3.81. The zero-order valence-electron chi connectivity index (χ0n) is 12.2. The van der Waals surface area contributed by atoms with Crippen molar-refractivity contribution < 1.29 is 4.74 Å².